The van der Waals surface area contributed by atoms with Crippen molar-refractivity contribution in [1.82, 2.24) is 10.6 Å². The number of carboxylic acid groups (broad SMARTS) is 1. The van der Waals surface area contributed by atoms with Crippen LogP contribution in [0.5, 0.6) is 0 Å². The van der Waals surface area contributed by atoms with E-state index in [0.29, 0.717) is 0 Å². The maximum Gasteiger partial charge on any atom is 0.407 e. The summed E-state index contributed by atoms with van der Waals surface area (Å²) in [5.41, 5.74) is -0.528. The number of alkyl carbamates (subject to hydrolysis) is 1. The number of hydrogen-bond donors (Lipinski definition) is 3. The second-order valence-electron chi connectivity index (χ2n) is 6.02. The van der Waals surface area contributed by atoms with Crippen LogP contribution in [0.3, 0.4) is 0 Å². The lowest BCUT2D eigenvalue weighted by Gasteiger charge is -2.26. The molecule has 3 N–H and O–H groups in total. The summed E-state index contributed by atoms with van der Waals surface area (Å²) in [4.78, 5) is 22.5. The number of amides is 1. The molecule has 0 bridgehead atoms. The lowest BCUT2D eigenvalue weighted by molar-refractivity contribution is -0.139. The summed E-state index contributed by atoms with van der Waals surface area (Å²) in [7, 11) is 0. The molecule has 1 fully saturated rings. The van der Waals surface area contributed by atoms with Crippen molar-refractivity contribution in [3.8, 4) is 0 Å². The topological polar surface area (TPSA) is 87.7 Å². The smallest absolute Gasteiger partial charge is 0.407 e. The van der Waals surface area contributed by atoms with Crippen molar-refractivity contribution in [1.29, 1.82) is 0 Å². The Bertz CT molecular complexity index is 338. The van der Waals surface area contributed by atoms with Gasteiger partial charge in [0.05, 0.1) is 0 Å². The van der Waals surface area contributed by atoms with E-state index >= 15 is 0 Å². The van der Waals surface area contributed by atoms with Gasteiger partial charge >= 0.3 is 12.1 Å². The fourth-order valence-electron chi connectivity index (χ4n) is 2.18. The van der Waals surface area contributed by atoms with Gasteiger partial charge in [-0.1, -0.05) is 0 Å². The second kappa shape index (κ2) is 6.23. The first-order chi connectivity index (χ1) is 8.69. The monoisotopic (exact) mass is 272 g/mol. The first-order valence-corrected chi connectivity index (χ1v) is 6.67. The quantitative estimate of drug-likeness (QED) is 0.721. The van der Waals surface area contributed by atoms with Gasteiger partial charge in [0.1, 0.15) is 11.6 Å². The highest BCUT2D eigenvalue weighted by Crippen LogP contribution is 2.20. The van der Waals surface area contributed by atoms with Gasteiger partial charge in [-0.25, -0.2) is 4.79 Å². The highest BCUT2D eigenvalue weighted by molar-refractivity contribution is 5.73. The molecule has 1 amide bonds. The van der Waals surface area contributed by atoms with E-state index in [1.165, 1.54) is 0 Å². The average molecular weight is 272 g/mol. The molecule has 1 aliphatic rings. The van der Waals surface area contributed by atoms with Gasteiger partial charge in [0.25, 0.3) is 0 Å². The summed E-state index contributed by atoms with van der Waals surface area (Å²) in [6, 6.07) is -0.707. The van der Waals surface area contributed by atoms with Crippen molar-refractivity contribution in [2.24, 2.45) is 0 Å². The number of nitrogens with one attached hydrogen (secondary N) is 2. The molecule has 0 aliphatic heterocycles. The van der Waals surface area contributed by atoms with E-state index in [-0.39, 0.29) is 12.1 Å². The molecule has 0 aromatic heterocycles. The van der Waals surface area contributed by atoms with E-state index in [9.17, 15) is 9.59 Å². The summed E-state index contributed by atoms with van der Waals surface area (Å²) in [5.74, 6) is -0.886. The van der Waals surface area contributed by atoms with Crippen LogP contribution in [0.1, 0.15) is 47.0 Å². The van der Waals surface area contributed by atoms with Crippen LogP contribution in [0.2, 0.25) is 0 Å². The highest BCUT2D eigenvalue weighted by atomic mass is 16.6. The molecule has 3 unspecified atom stereocenters. The zero-order chi connectivity index (χ0) is 14.6. The normalized spacial score (nSPS) is 24.8. The minimum absolute atomic E-state index is 0.0152. The van der Waals surface area contributed by atoms with Crippen molar-refractivity contribution in [3.63, 3.8) is 0 Å². The minimum atomic E-state index is -0.886. The summed E-state index contributed by atoms with van der Waals surface area (Å²) in [6.07, 6.45) is 2.21. The van der Waals surface area contributed by atoms with Gasteiger partial charge in [-0.05, 0) is 47.0 Å². The zero-order valence-electron chi connectivity index (χ0n) is 12.0. The maximum absolute atomic E-state index is 11.7. The summed E-state index contributed by atoms with van der Waals surface area (Å²) in [6.45, 7) is 7.03. The van der Waals surface area contributed by atoms with Crippen molar-refractivity contribution >= 4 is 12.1 Å². The number of carboxylic acids is 1. The third kappa shape index (κ3) is 5.46. The van der Waals surface area contributed by atoms with Crippen LogP contribution < -0.4 is 10.6 Å². The number of aliphatic carboxylic acids is 1. The Morgan fingerprint density at radius 3 is 2.37 bits per heavy atom. The lowest BCUT2D eigenvalue weighted by atomic mass is 10.1. The molecular formula is C13H24N2O4. The zero-order valence-corrected chi connectivity index (χ0v) is 12.0. The average Bonchev–Trinajstić information content (AvgIpc) is 2.62. The minimum Gasteiger partial charge on any atom is -0.480 e. The molecule has 0 aromatic rings. The van der Waals surface area contributed by atoms with E-state index < -0.39 is 23.7 Å². The maximum atomic E-state index is 11.7. The molecule has 0 heterocycles. The Labute approximate surface area is 113 Å². The van der Waals surface area contributed by atoms with Crippen LogP contribution in [-0.2, 0) is 9.53 Å². The first kappa shape index (κ1) is 15.8. The Hall–Kier alpha value is -1.30. The summed E-state index contributed by atoms with van der Waals surface area (Å²) in [5, 5.41) is 14.7. The molecule has 1 saturated carbocycles. The van der Waals surface area contributed by atoms with Crippen LogP contribution in [0, 0.1) is 0 Å². The van der Waals surface area contributed by atoms with Gasteiger partial charge < -0.3 is 15.2 Å². The van der Waals surface area contributed by atoms with Gasteiger partial charge in [-0.3, -0.25) is 10.1 Å². The molecule has 1 aliphatic carbocycles. The molecule has 0 radical (unpaired) electrons. The van der Waals surface area contributed by atoms with Crippen molar-refractivity contribution in [2.75, 3.05) is 0 Å². The molecule has 1 rings (SSSR count). The number of rotatable bonds is 4. The Morgan fingerprint density at radius 2 is 1.84 bits per heavy atom. The lowest BCUT2D eigenvalue weighted by Crippen LogP contribution is -2.51. The first-order valence-electron chi connectivity index (χ1n) is 6.67. The SMILES string of the molecule is CC(NC1CCCC1NC(=O)OC(C)(C)C)C(=O)O. The molecule has 19 heavy (non-hydrogen) atoms. The van der Waals surface area contributed by atoms with Crippen LogP contribution in [0.25, 0.3) is 0 Å². The molecule has 6 nitrogen and oxygen atoms in total. The van der Waals surface area contributed by atoms with E-state index in [1.807, 2.05) is 20.8 Å². The molecule has 0 aromatic carbocycles. The molecule has 0 saturated heterocycles. The number of hydrogen-bond acceptors (Lipinski definition) is 4. The molecular weight excluding hydrogens is 248 g/mol. The van der Waals surface area contributed by atoms with Crippen molar-refractivity contribution < 1.29 is 19.4 Å². The van der Waals surface area contributed by atoms with E-state index in [1.54, 1.807) is 6.92 Å². The standard InChI is InChI=1S/C13H24N2O4/c1-8(11(16)17)14-9-6-5-7-10(9)15-12(18)19-13(2,3)4/h8-10,14H,5-7H2,1-4H3,(H,15,18)(H,16,17). The third-order valence-corrected chi connectivity index (χ3v) is 3.05. The van der Waals surface area contributed by atoms with E-state index in [4.69, 9.17) is 9.84 Å². The molecule has 0 spiro atoms. The molecule has 6 heteroatoms. The van der Waals surface area contributed by atoms with Gasteiger partial charge in [-0.2, -0.15) is 0 Å². The van der Waals surface area contributed by atoms with E-state index in [0.717, 1.165) is 19.3 Å². The third-order valence-electron chi connectivity index (χ3n) is 3.05. The number of carbonyl (C=O) groups excluding carboxylic acids is 1. The predicted octanol–water partition coefficient (Wildman–Crippen LogP) is 1.49. The van der Waals surface area contributed by atoms with Gasteiger partial charge in [0, 0.05) is 12.1 Å². The highest BCUT2D eigenvalue weighted by Gasteiger charge is 2.31. The van der Waals surface area contributed by atoms with Crippen molar-refractivity contribution in [3.05, 3.63) is 0 Å². The van der Waals surface area contributed by atoms with E-state index in [2.05, 4.69) is 10.6 Å². The summed E-state index contributed by atoms with van der Waals surface area (Å²) < 4.78 is 5.21. The van der Waals surface area contributed by atoms with Gasteiger partial charge in [-0.15, -0.1) is 0 Å². The van der Waals surface area contributed by atoms with Crippen LogP contribution in [0.15, 0.2) is 0 Å². The Kier molecular flexibility index (Phi) is 5.17. The second-order valence-corrected chi connectivity index (χ2v) is 6.02. The molecule has 110 valence electrons. The van der Waals surface area contributed by atoms with Crippen LogP contribution in [0.4, 0.5) is 4.79 Å². The fourth-order valence-corrected chi connectivity index (χ4v) is 2.18. The fraction of sp³-hybridized carbons (Fsp3) is 0.846. The number of ether oxygens (including phenoxy) is 1. The van der Waals surface area contributed by atoms with Crippen LogP contribution in [-0.4, -0.2) is 40.9 Å². The molecule has 3 atom stereocenters. The largest absolute Gasteiger partial charge is 0.480 e. The van der Waals surface area contributed by atoms with Gasteiger partial charge in [0.2, 0.25) is 0 Å². The summed E-state index contributed by atoms with van der Waals surface area (Å²) >= 11 is 0. The van der Waals surface area contributed by atoms with Crippen LogP contribution >= 0.6 is 0 Å². The van der Waals surface area contributed by atoms with Gasteiger partial charge in [0.15, 0.2) is 0 Å². The Balaban J connectivity index is 2.48. The predicted molar refractivity (Wildman–Crippen MR) is 71.0 cm³/mol. The van der Waals surface area contributed by atoms with Crippen molar-refractivity contribution in [2.45, 2.75) is 70.7 Å². The Morgan fingerprint density at radius 1 is 1.26 bits per heavy atom. The number of carbonyl (C=O) groups is 2.